The molecule has 1 aromatic heterocycles. The number of imide groups is 1. The van der Waals surface area contributed by atoms with Gasteiger partial charge >= 0.3 is 0 Å². The fourth-order valence-corrected chi connectivity index (χ4v) is 4.68. The van der Waals surface area contributed by atoms with Crippen molar-refractivity contribution in [2.75, 3.05) is 4.90 Å². The van der Waals surface area contributed by atoms with E-state index in [-0.39, 0.29) is 35.5 Å². The first kappa shape index (κ1) is 14.9. The second kappa shape index (κ2) is 5.30. The van der Waals surface area contributed by atoms with Gasteiger partial charge in [0, 0.05) is 17.3 Å². The summed E-state index contributed by atoms with van der Waals surface area (Å²) >= 11 is 6.19. The number of hydrogen-bond acceptors (Lipinski definition) is 3. The van der Waals surface area contributed by atoms with E-state index < -0.39 is 0 Å². The minimum atomic E-state index is -0.198. The number of fused-ring (bicyclic) bond motifs is 5. The highest BCUT2D eigenvalue weighted by Crippen LogP contribution is 2.53. The molecule has 1 aromatic carbocycles. The third-order valence-corrected chi connectivity index (χ3v) is 5.98. The molecule has 0 spiro atoms. The number of nitrogens with zero attached hydrogens (tertiary/aromatic N) is 3. The fraction of sp³-hybridized carbons (Fsp3) is 0.316. The molecule has 5 nitrogen and oxygen atoms in total. The van der Waals surface area contributed by atoms with Gasteiger partial charge in [-0.1, -0.05) is 42.0 Å². The lowest BCUT2D eigenvalue weighted by atomic mass is 9.85. The first-order chi connectivity index (χ1) is 12.1. The molecule has 2 aromatic rings. The maximum atomic E-state index is 12.8. The van der Waals surface area contributed by atoms with E-state index in [0.29, 0.717) is 17.4 Å². The van der Waals surface area contributed by atoms with Gasteiger partial charge < -0.3 is 0 Å². The smallest absolute Gasteiger partial charge is 0.239 e. The molecule has 0 N–H and O–H groups in total. The Kier molecular flexibility index (Phi) is 3.16. The summed E-state index contributed by atoms with van der Waals surface area (Å²) in [5.74, 6) is 0.233. The summed E-state index contributed by atoms with van der Waals surface area (Å²) in [5, 5.41) is 5.12. The number of carbonyl (C=O) groups is 2. The van der Waals surface area contributed by atoms with Crippen LogP contribution in [0.3, 0.4) is 0 Å². The van der Waals surface area contributed by atoms with E-state index in [1.54, 1.807) is 16.9 Å². The zero-order valence-electron chi connectivity index (χ0n) is 13.4. The van der Waals surface area contributed by atoms with Gasteiger partial charge in [0.1, 0.15) is 0 Å². The molecule has 25 heavy (non-hydrogen) atoms. The molecular formula is C19H16ClN3O2. The Bertz CT molecular complexity index is 889. The molecule has 2 fully saturated rings. The van der Waals surface area contributed by atoms with Crippen LogP contribution in [0.2, 0.25) is 5.02 Å². The Morgan fingerprint density at radius 3 is 2.40 bits per heavy atom. The van der Waals surface area contributed by atoms with Crippen molar-refractivity contribution in [3.63, 3.8) is 0 Å². The van der Waals surface area contributed by atoms with Crippen LogP contribution >= 0.6 is 11.6 Å². The molecule has 0 unspecified atom stereocenters. The molecule has 6 heteroatoms. The number of hydrogen-bond donors (Lipinski definition) is 0. The van der Waals surface area contributed by atoms with Gasteiger partial charge in [0.2, 0.25) is 11.8 Å². The quantitative estimate of drug-likeness (QED) is 0.629. The predicted molar refractivity (Wildman–Crippen MR) is 93.0 cm³/mol. The van der Waals surface area contributed by atoms with E-state index in [2.05, 4.69) is 17.3 Å². The van der Waals surface area contributed by atoms with Crippen molar-refractivity contribution in [2.45, 2.75) is 13.0 Å². The number of carbonyl (C=O) groups excluding carboxylic acids is 2. The van der Waals surface area contributed by atoms with E-state index in [1.807, 2.05) is 24.3 Å². The summed E-state index contributed by atoms with van der Waals surface area (Å²) in [4.78, 5) is 26.9. The highest BCUT2D eigenvalue weighted by atomic mass is 35.5. The summed E-state index contributed by atoms with van der Waals surface area (Å²) < 4.78 is 1.71. The molecule has 0 radical (unpaired) electrons. The summed E-state index contributed by atoms with van der Waals surface area (Å²) in [6.07, 6.45) is 6.90. The predicted octanol–water partition coefficient (Wildman–Crippen LogP) is 2.90. The lowest BCUT2D eigenvalue weighted by molar-refractivity contribution is -0.123. The van der Waals surface area contributed by atoms with Gasteiger partial charge in [0.25, 0.3) is 0 Å². The standard InChI is InChI=1S/C19H16ClN3O2/c20-14-4-2-1-3-13(14)10-22-8-7-15(21-22)23-18(24)16-11-5-6-12(9-11)17(16)19(23)25/h1-8,11-12,16-17H,9-10H2/t11-,12-,16+,17+/m0/s1. The topological polar surface area (TPSA) is 55.2 Å². The average Bonchev–Trinajstić information content (AvgIpc) is 3.35. The Hall–Kier alpha value is -2.40. The van der Waals surface area contributed by atoms with Gasteiger partial charge in [-0.3, -0.25) is 14.3 Å². The van der Waals surface area contributed by atoms with Crippen LogP contribution in [0.1, 0.15) is 12.0 Å². The zero-order valence-corrected chi connectivity index (χ0v) is 14.1. The number of rotatable bonds is 3. The summed E-state index contributed by atoms with van der Waals surface area (Å²) in [6.45, 7) is 0.496. The fourth-order valence-electron chi connectivity index (χ4n) is 4.49. The Balaban J connectivity index is 1.42. The van der Waals surface area contributed by atoms with Crippen LogP contribution in [0.15, 0.2) is 48.7 Å². The minimum Gasteiger partial charge on any atom is -0.274 e. The lowest BCUT2D eigenvalue weighted by Gasteiger charge is -2.14. The lowest BCUT2D eigenvalue weighted by Crippen LogP contribution is -2.33. The third kappa shape index (κ3) is 2.12. The van der Waals surface area contributed by atoms with Gasteiger partial charge in [-0.05, 0) is 29.9 Å². The number of aromatic nitrogens is 2. The summed E-state index contributed by atoms with van der Waals surface area (Å²) in [6, 6.07) is 9.29. The van der Waals surface area contributed by atoms with E-state index in [0.717, 1.165) is 12.0 Å². The number of anilines is 1. The normalized spacial score (nSPS) is 29.7. The molecule has 4 atom stereocenters. The molecule has 3 aliphatic rings. The molecule has 1 aliphatic heterocycles. The summed E-state index contributed by atoms with van der Waals surface area (Å²) in [5.41, 5.74) is 0.942. The van der Waals surface area contributed by atoms with Gasteiger partial charge in [-0.25, -0.2) is 4.90 Å². The molecule has 2 aliphatic carbocycles. The van der Waals surface area contributed by atoms with Crippen molar-refractivity contribution in [2.24, 2.45) is 23.7 Å². The maximum Gasteiger partial charge on any atom is 0.239 e. The van der Waals surface area contributed by atoms with Crippen molar-refractivity contribution in [1.29, 1.82) is 0 Å². The molecule has 1 saturated heterocycles. The second-order valence-corrected chi connectivity index (χ2v) is 7.38. The van der Waals surface area contributed by atoms with E-state index in [1.165, 1.54) is 4.90 Å². The van der Waals surface area contributed by atoms with Crippen molar-refractivity contribution in [3.8, 4) is 0 Å². The second-order valence-electron chi connectivity index (χ2n) is 6.97. The Morgan fingerprint density at radius 2 is 1.72 bits per heavy atom. The minimum absolute atomic E-state index is 0.102. The number of allylic oxidation sites excluding steroid dienone is 2. The third-order valence-electron chi connectivity index (χ3n) is 5.62. The SMILES string of the molecule is O=C1[C@H]2[C@H](C(=O)N1c1ccn(Cc3ccccc3Cl)n1)[C@H]1C=C[C@H]2C1. The van der Waals surface area contributed by atoms with Crippen LogP contribution in [0.4, 0.5) is 5.82 Å². The molecule has 2 bridgehead atoms. The molecule has 1 saturated carbocycles. The van der Waals surface area contributed by atoms with Crippen LogP contribution < -0.4 is 4.90 Å². The number of amides is 2. The maximum absolute atomic E-state index is 12.8. The number of benzene rings is 1. The van der Waals surface area contributed by atoms with Crippen LogP contribution in [0.5, 0.6) is 0 Å². The number of halogens is 1. The first-order valence-electron chi connectivity index (χ1n) is 8.46. The zero-order chi connectivity index (χ0) is 17.1. The van der Waals surface area contributed by atoms with Crippen molar-refractivity contribution < 1.29 is 9.59 Å². The van der Waals surface area contributed by atoms with Crippen LogP contribution in [0, 0.1) is 23.7 Å². The van der Waals surface area contributed by atoms with Gasteiger partial charge in [0.15, 0.2) is 5.82 Å². The van der Waals surface area contributed by atoms with E-state index in [9.17, 15) is 9.59 Å². The highest BCUT2D eigenvalue weighted by molar-refractivity contribution is 6.31. The first-order valence-corrected chi connectivity index (χ1v) is 8.84. The van der Waals surface area contributed by atoms with Crippen LogP contribution in [-0.2, 0) is 16.1 Å². The average molecular weight is 354 g/mol. The molecular weight excluding hydrogens is 338 g/mol. The Morgan fingerprint density at radius 1 is 1.04 bits per heavy atom. The summed E-state index contributed by atoms with van der Waals surface area (Å²) in [7, 11) is 0. The van der Waals surface area contributed by atoms with Crippen molar-refractivity contribution >= 4 is 29.2 Å². The molecule has 2 amide bonds. The van der Waals surface area contributed by atoms with Crippen LogP contribution in [-0.4, -0.2) is 21.6 Å². The van der Waals surface area contributed by atoms with Gasteiger partial charge in [-0.2, -0.15) is 5.10 Å². The monoisotopic (exact) mass is 353 g/mol. The molecule has 5 rings (SSSR count). The van der Waals surface area contributed by atoms with Crippen molar-refractivity contribution in [3.05, 3.63) is 59.3 Å². The molecule has 126 valence electrons. The van der Waals surface area contributed by atoms with Crippen molar-refractivity contribution in [1.82, 2.24) is 9.78 Å². The van der Waals surface area contributed by atoms with Gasteiger partial charge in [-0.15, -0.1) is 0 Å². The van der Waals surface area contributed by atoms with E-state index in [4.69, 9.17) is 11.6 Å². The molecule has 2 heterocycles. The highest BCUT2D eigenvalue weighted by Gasteiger charge is 2.59. The van der Waals surface area contributed by atoms with E-state index >= 15 is 0 Å². The Labute approximate surface area is 149 Å². The largest absolute Gasteiger partial charge is 0.274 e. The van der Waals surface area contributed by atoms with Gasteiger partial charge in [0.05, 0.1) is 18.4 Å². The van der Waals surface area contributed by atoms with Crippen LogP contribution in [0.25, 0.3) is 0 Å².